The van der Waals surface area contributed by atoms with E-state index in [2.05, 4.69) is 28.5 Å². The summed E-state index contributed by atoms with van der Waals surface area (Å²) >= 11 is 0. The third kappa shape index (κ3) is 0.917. The van der Waals surface area contributed by atoms with Crippen molar-refractivity contribution in [2.45, 2.75) is 6.42 Å². The molecule has 0 spiro atoms. The van der Waals surface area contributed by atoms with Crippen LogP contribution in [0, 0.1) is 0 Å². The van der Waals surface area contributed by atoms with Gasteiger partial charge >= 0.3 is 0 Å². The largest absolute Gasteiger partial charge is 0.384 e. The highest BCUT2D eigenvalue weighted by atomic mass is 14.9. The molecule has 1 aliphatic heterocycles. The molecule has 0 atom stereocenters. The number of hydrogen-bond acceptors (Lipinski definition) is 2. The maximum atomic E-state index is 4.15. The molecule has 2 aromatic rings. The van der Waals surface area contributed by atoms with Crippen LogP contribution in [-0.2, 0) is 6.42 Å². The Balaban J connectivity index is 2.43. The lowest BCUT2D eigenvalue weighted by atomic mass is 10.1. The van der Waals surface area contributed by atoms with Crippen LogP contribution in [0.5, 0.6) is 0 Å². The summed E-state index contributed by atoms with van der Waals surface area (Å²) in [5.41, 5.74) is 2.70. The molecule has 0 radical (unpaired) electrons. The van der Waals surface area contributed by atoms with Gasteiger partial charge in [-0.1, -0.05) is 12.1 Å². The van der Waals surface area contributed by atoms with Gasteiger partial charge in [-0.2, -0.15) is 0 Å². The molecule has 1 aromatic carbocycles. The summed E-state index contributed by atoms with van der Waals surface area (Å²) in [6.45, 7) is 1.06. The van der Waals surface area contributed by atoms with Gasteiger partial charge < -0.3 is 5.32 Å². The second-order valence-corrected chi connectivity index (χ2v) is 3.37. The molecule has 13 heavy (non-hydrogen) atoms. The third-order valence-corrected chi connectivity index (χ3v) is 2.61. The predicted molar refractivity (Wildman–Crippen MR) is 53.9 cm³/mol. The van der Waals surface area contributed by atoms with E-state index in [4.69, 9.17) is 0 Å². The second kappa shape index (κ2) is 2.46. The van der Waals surface area contributed by atoms with Gasteiger partial charge in [-0.25, -0.2) is 0 Å². The van der Waals surface area contributed by atoms with Crippen molar-refractivity contribution < 1.29 is 0 Å². The van der Waals surface area contributed by atoms with Crippen molar-refractivity contribution in [1.82, 2.24) is 4.98 Å². The van der Waals surface area contributed by atoms with Crippen LogP contribution in [0.3, 0.4) is 0 Å². The zero-order valence-electron chi connectivity index (χ0n) is 7.25. The van der Waals surface area contributed by atoms with Crippen LogP contribution in [0.1, 0.15) is 5.56 Å². The first kappa shape index (κ1) is 6.89. The fourth-order valence-electron chi connectivity index (χ4n) is 1.95. The molecule has 3 rings (SSSR count). The SMILES string of the molecule is c1cc2ccc3c(c2cn1)NCC3. The van der Waals surface area contributed by atoms with Crippen LogP contribution < -0.4 is 5.32 Å². The molecule has 0 saturated heterocycles. The van der Waals surface area contributed by atoms with Crippen molar-refractivity contribution >= 4 is 16.5 Å². The lowest BCUT2D eigenvalue weighted by Gasteiger charge is -2.03. The minimum Gasteiger partial charge on any atom is -0.384 e. The second-order valence-electron chi connectivity index (χ2n) is 3.37. The van der Waals surface area contributed by atoms with Crippen LogP contribution >= 0.6 is 0 Å². The fraction of sp³-hybridized carbons (Fsp3) is 0.182. The van der Waals surface area contributed by atoms with Crippen LogP contribution in [0.15, 0.2) is 30.6 Å². The summed E-state index contributed by atoms with van der Waals surface area (Å²) in [6.07, 6.45) is 4.91. The maximum absolute atomic E-state index is 4.15. The smallest absolute Gasteiger partial charge is 0.0468 e. The minimum atomic E-state index is 1.06. The number of anilines is 1. The molecule has 0 bridgehead atoms. The predicted octanol–water partition coefficient (Wildman–Crippen LogP) is 2.20. The van der Waals surface area contributed by atoms with E-state index in [-0.39, 0.29) is 0 Å². The molecule has 1 aromatic heterocycles. The first-order valence-electron chi connectivity index (χ1n) is 4.54. The number of fused-ring (bicyclic) bond motifs is 3. The Morgan fingerprint density at radius 2 is 2.23 bits per heavy atom. The Hall–Kier alpha value is -1.57. The summed E-state index contributed by atoms with van der Waals surface area (Å²) in [6, 6.07) is 6.43. The zero-order chi connectivity index (χ0) is 8.67. The van der Waals surface area contributed by atoms with Gasteiger partial charge in [-0.3, -0.25) is 4.98 Å². The quantitative estimate of drug-likeness (QED) is 0.655. The molecule has 64 valence electrons. The molecule has 0 saturated carbocycles. The highest BCUT2D eigenvalue weighted by molar-refractivity contribution is 5.95. The van der Waals surface area contributed by atoms with Crippen molar-refractivity contribution in [2.24, 2.45) is 0 Å². The lowest BCUT2D eigenvalue weighted by molar-refractivity contribution is 1.11. The van der Waals surface area contributed by atoms with Gasteiger partial charge in [0, 0.05) is 30.0 Å². The van der Waals surface area contributed by atoms with E-state index in [1.807, 2.05) is 12.4 Å². The molecule has 0 amide bonds. The van der Waals surface area contributed by atoms with Crippen molar-refractivity contribution in [2.75, 3.05) is 11.9 Å². The van der Waals surface area contributed by atoms with E-state index in [0.29, 0.717) is 0 Å². The Morgan fingerprint density at radius 1 is 1.23 bits per heavy atom. The minimum absolute atomic E-state index is 1.06. The zero-order valence-corrected chi connectivity index (χ0v) is 7.25. The van der Waals surface area contributed by atoms with Crippen molar-refractivity contribution in [1.29, 1.82) is 0 Å². The Kier molecular flexibility index (Phi) is 1.30. The molecule has 0 aliphatic carbocycles. The van der Waals surface area contributed by atoms with Crippen LogP contribution in [-0.4, -0.2) is 11.5 Å². The molecule has 2 heterocycles. The number of benzene rings is 1. The van der Waals surface area contributed by atoms with Crippen molar-refractivity contribution in [3.05, 3.63) is 36.2 Å². The van der Waals surface area contributed by atoms with E-state index in [0.717, 1.165) is 13.0 Å². The van der Waals surface area contributed by atoms with Gasteiger partial charge in [-0.15, -0.1) is 0 Å². The number of nitrogens with one attached hydrogen (secondary N) is 1. The normalized spacial score (nSPS) is 14.2. The third-order valence-electron chi connectivity index (χ3n) is 2.61. The molecular weight excluding hydrogens is 160 g/mol. The number of pyridine rings is 1. The van der Waals surface area contributed by atoms with Gasteiger partial charge in [0.15, 0.2) is 0 Å². The van der Waals surface area contributed by atoms with Gasteiger partial charge in [0.1, 0.15) is 0 Å². The van der Waals surface area contributed by atoms with E-state index in [1.165, 1.54) is 22.0 Å². The van der Waals surface area contributed by atoms with Crippen LogP contribution in [0.2, 0.25) is 0 Å². The van der Waals surface area contributed by atoms with Gasteiger partial charge in [0.2, 0.25) is 0 Å². The Bertz CT molecular complexity index is 463. The van der Waals surface area contributed by atoms with E-state index in [1.54, 1.807) is 0 Å². The maximum Gasteiger partial charge on any atom is 0.0468 e. The first-order chi connectivity index (χ1) is 6.45. The molecule has 2 heteroatoms. The average molecular weight is 170 g/mol. The molecule has 1 aliphatic rings. The average Bonchev–Trinajstić information content (AvgIpc) is 2.65. The van der Waals surface area contributed by atoms with Gasteiger partial charge in [0.25, 0.3) is 0 Å². The molecule has 0 unspecified atom stereocenters. The van der Waals surface area contributed by atoms with Crippen LogP contribution in [0.25, 0.3) is 10.8 Å². The number of aromatic nitrogens is 1. The van der Waals surface area contributed by atoms with Crippen molar-refractivity contribution in [3.63, 3.8) is 0 Å². The van der Waals surface area contributed by atoms with E-state index in [9.17, 15) is 0 Å². The highest BCUT2D eigenvalue weighted by Crippen LogP contribution is 2.30. The standard InChI is InChI=1S/C11H10N2/c1-2-9-4-6-13-11(9)10-7-12-5-3-8(1)10/h1-3,5,7,13H,4,6H2. The van der Waals surface area contributed by atoms with Crippen LogP contribution in [0.4, 0.5) is 5.69 Å². The van der Waals surface area contributed by atoms with Gasteiger partial charge in [-0.05, 0) is 23.4 Å². The molecule has 2 nitrogen and oxygen atoms in total. The fourth-order valence-corrected chi connectivity index (χ4v) is 1.95. The lowest BCUT2D eigenvalue weighted by Crippen LogP contribution is -1.91. The molecule has 0 fully saturated rings. The number of hydrogen-bond donors (Lipinski definition) is 1. The van der Waals surface area contributed by atoms with Gasteiger partial charge in [0.05, 0.1) is 0 Å². The molecular formula is C11H10N2. The summed E-state index contributed by atoms with van der Waals surface area (Å²) in [7, 11) is 0. The van der Waals surface area contributed by atoms with Crippen molar-refractivity contribution in [3.8, 4) is 0 Å². The first-order valence-corrected chi connectivity index (χ1v) is 4.54. The summed E-state index contributed by atoms with van der Waals surface area (Å²) in [5, 5.41) is 5.92. The number of rotatable bonds is 0. The number of nitrogens with zero attached hydrogens (tertiary/aromatic N) is 1. The summed E-state index contributed by atoms with van der Waals surface area (Å²) in [5.74, 6) is 0. The Morgan fingerprint density at radius 3 is 3.23 bits per heavy atom. The monoisotopic (exact) mass is 170 g/mol. The van der Waals surface area contributed by atoms with E-state index >= 15 is 0 Å². The van der Waals surface area contributed by atoms with E-state index < -0.39 is 0 Å². The summed E-state index contributed by atoms with van der Waals surface area (Å²) < 4.78 is 0. The molecule has 1 N–H and O–H groups in total. The Labute approximate surface area is 76.6 Å². The highest BCUT2D eigenvalue weighted by Gasteiger charge is 2.12. The topological polar surface area (TPSA) is 24.9 Å². The summed E-state index contributed by atoms with van der Waals surface area (Å²) in [4.78, 5) is 4.15.